The third kappa shape index (κ3) is 4.17. The Balaban J connectivity index is 2.82. The number of nitro groups is 1. The number of nitrogens with zero attached hydrogens (tertiary/aromatic N) is 3. The van der Waals surface area contributed by atoms with Gasteiger partial charge in [-0.3, -0.25) is 10.1 Å². The Hall–Kier alpha value is -1.69. The number of rotatable bonds is 6. The first-order valence-electron chi connectivity index (χ1n) is 6.40. The van der Waals surface area contributed by atoms with Crippen LogP contribution in [0.5, 0.6) is 0 Å². The molecule has 0 saturated heterocycles. The molecule has 0 aliphatic heterocycles. The first-order chi connectivity index (χ1) is 8.82. The predicted octanol–water partition coefficient (Wildman–Crippen LogP) is 2.11. The van der Waals surface area contributed by atoms with Gasteiger partial charge in [-0.1, -0.05) is 13.8 Å². The van der Waals surface area contributed by atoms with E-state index in [0.29, 0.717) is 18.3 Å². The summed E-state index contributed by atoms with van der Waals surface area (Å²) in [5, 5.41) is 11.0. The molecule has 1 aromatic heterocycles. The SMILES string of the molecule is Cc1cnc(N(C)CCC(N)C(C)C)c([N+](=O)[O-])c1. The van der Waals surface area contributed by atoms with Gasteiger partial charge in [-0.2, -0.15) is 0 Å². The lowest BCUT2D eigenvalue weighted by Gasteiger charge is -2.22. The van der Waals surface area contributed by atoms with Gasteiger partial charge < -0.3 is 10.6 Å². The molecule has 0 fully saturated rings. The average molecular weight is 266 g/mol. The van der Waals surface area contributed by atoms with Crippen LogP contribution in [-0.4, -0.2) is 29.5 Å². The molecule has 0 bridgehead atoms. The van der Waals surface area contributed by atoms with Crippen LogP contribution in [0.15, 0.2) is 12.3 Å². The highest BCUT2D eigenvalue weighted by atomic mass is 16.6. The monoisotopic (exact) mass is 266 g/mol. The minimum atomic E-state index is -0.395. The molecule has 0 aromatic carbocycles. The summed E-state index contributed by atoms with van der Waals surface area (Å²) in [5.41, 5.74) is 6.81. The van der Waals surface area contributed by atoms with Crippen LogP contribution in [0.3, 0.4) is 0 Å². The maximum Gasteiger partial charge on any atom is 0.311 e. The third-order valence-electron chi connectivity index (χ3n) is 3.20. The number of pyridine rings is 1. The van der Waals surface area contributed by atoms with E-state index >= 15 is 0 Å². The Labute approximate surface area is 113 Å². The van der Waals surface area contributed by atoms with Crippen molar-refractivity contribution < 1.29 is 4.92 Å². The van der Waals surface area contributed by atoms with Crippen LogP contribution in [0.25, 0.3) is 0 Å². The second-order valence-corrected chi connectivity index (χ2v) is 5.23. The maximum absolute atomic E-state index is 11.0. The van der Waals surface area contributed by atoms with Gasteiger partial charge in [-0.15, -0.1) is 0 Å². The number of aryl methyl sites for hydroxylation is 1. The Morgan fingerprint density at radius 2 is 2.16 bits per heavy atom. The normalized spacial score (nSPS) is 12.5. The van der Waals surface area contributed by atoms with E-state index in [4.69, 9.17) is 5.73 Å². The van der Waals surface area contributed by atoms with Gasteiger partial charge in [0, 0.05) is 31.9 Å². The highest BCUT2D eigenvalue weighted by molar-refractivity contribution is 5.58. The van der Waals surface area contributed by atoms with Gasteiger partial charge in [-0.05, 0) is 24.8 Å². The summed E-state index contributed by atoms with van der Waals surface area (Å²) in [5.74, 6) is 0.793. The van der Waals surface area contributed by atoms with Crippen molar-refractivity contribution in [2.24, 2.45) is 11.7 Å². The smallest absolute Gasteiger partial charge is 0.311 e. The lowest BCUT2D eigenvalue weighted by Crippen LogP contribution is -2.32. The molecule has 1 atom stereocenters. The van der Waals surface area contributed by atoms with Gasteiger partial charge in [0.05, 0.1) is 4.92 Å². The zero-order valence-corrected chi connectivity index (χ0v) is 12.0. The second-order valence-electron chi connectivity index (χ2n) is 5.23. The molecule has 0 saturated carbocycles. The van der Waals surface area contributed by atoms with E-state index in [0.717, 1.165) is 12.0 Å². The zero-order valence-electron chi connectivity index (χ0n) is 12.0. The van der Waals surface area contributed by atoms with Crippen molar-refractivity contribution in [3.63, 3.8) is 0 Å². The predicted molar refractivity (Wildman–Crippen MR) is 76.3 cm³/mol. The molecular formula is C13H22N4O2. The fourth-order valence-electron chi connectivity index (χ4n) is 1.76. The number of nitrogens with two attached hydrogens (primary N) is 1. The summed E-state index contributed by atoms with van der Waals surface area (Å²) in [4.78, 5) is 16.6. The number of anilines is 1. The van der Waals surface area contributed by atoms with Crippen molar-refractivity contribution in [1.82, 2.24) is 4.98 Å². The van der Waals surface area contributed by atoms with E-state index in [9.17, 15) is 10.1 Å². The third-order valence-corrected chi connectivity index (χ3v) is 3.20. The fraction of sp³-hybridized carbons (Fsp3) is 0.615. The number of aromatic nitrogens is 1. The molecule has 6 heteroatoms. The Bertz CT molecular complexity index is 448. The first-order valence-corrected chi connectivity index (χ1v) is 6.40. The molecule has 0 radical (unpaired) electrons. The van der Waals surface area contributed by atoms with Crippen LogP contribution in [0.1, 0.15) is 25.8 Å². The van der Waals surface area contributed by atoms with Gasteiger partial charge >= 0.3 is 5.69 Å². The van der Waals surface area contributed by atoms with Gasteiger partial charge in [-0.25, -0.2) is 4.98 Å². The fourth-order valence-corrected chi connectivity index (χ4v) is 1.76. The molecular weight excluding hydrogens is 244 g/mol. The minimum Gasteiger partial charge on any atom is -0.354 e. The highest BCUT2D eigenvalue weighted by Gasteiger charge is 2.19. The van der Waals surface area contributed by atoms with E-state index < -0.39 is 4.92 Å². The molecule has 1 aromatic rings. The molecule has 0 aliphatic carbocycles. The van der Waals surface area contributed by atoms with E-state index in [1.165, 1.54) is 0 Å². The van der Waals surface area contributed by atoms with Gasteiger partial charge in [0.15, 0.2) is 0 Å². The topological polar surface area (TPSA) is 85.3 Å². The van der Waals surface area contributed by atoms with E-state index in [2.05, 4.69) is 18.8 Å². The summed E-state index contributed by atoms with van der Waals surface area (Å²) < 4.78 is 0. The quantitative estimate of drug-likeness (QED) is 0.629. The van der Waals surface area contributed by atoms with Crippen LogP contribution >= 0.6 is 0 Å². The summed E-state index contributed by atoms with van der Waals surface area (Å²) in [6.45, 7) is 6.57. The largest absolute Gasteiger partial charge is 0.354 e. The molecule has 1 unspecified atom stereocenters. The first kappa shape index (κ1) is 15.4. The Kier molecular flexibility index (Phi) is 5.23. The van der Waals surface area contributed by atoms with Crippen LogP contribution in [0, 0.1) is 23.0 Å². The molecule has 2 N–H and O–H groups in total. The molecule has 0 amide bonds. The van der Waals surface area contributed by atoms with Crippen molar-refractivity contribution in [2.75, 3.05) is 18.5 Å². The average Bonchev–Trinajstić information content (AvgIpc) is 2.35. The molecule has 106 valence electrons. The van der Waals surface area contributed by atoms with Crippen LogP contribution in [-0.2, 0) is 0 Å². The standard InChI is InChI=1S/C13H22N4O2/c1-9(2)11(14)5-6-16(4)13-12(17(18)19)7-10(3)8-15-13/h7-9,11H,5-6,14H2,1-4H3. The van der Waals surface area contributed by atoms with E-state index in [1.54, 1.807) is 31.1 Å². The van der Waals surface area contributed by atoms with E-state index in [-0.39, 0.29) is 11.7 Å². The van der Waals surface area contributed by atoms with Crippen molar-refractivity contribution >= 4 is 11.5 Å². The molecule has 0 aliphatic rings. The lowest BCUT2D eigenvalue weighted by molar-refractivity contribution is -0.384. The van der Waals surface area contributed by atoms with Crippen LogP contribution in [0.2, 0.25) is 0 Å². The molecule has 6 nitrogen and oxygen atoms in total. The van der Waals surface area contributed by atoms with Crippen molar-refractivity contribution in [3.05, 3.63) is 27.9 Å². The lowest BCUT2D eigenvalue weighted by atomic mass is 10.0. The minimum absolute atomic E-state index is 0.0422. The van der Waals surface area contributed by atoms with Crippen LogP contribution in [0.4, 0.5) is 11.5 Å². The summed E-state index contributed by atoms with van der Waals surface area (Å²) in [6, 6.07) is 1.63. The van der Waals surface area contributed by atoms with Crippen molar-refractivity contribution in [2.45, 2.75) is 33.2 Å². The highest BCUT2D eigenvalue weighted by Crippen LogP contribution is 2.25. The van der Waals surface area contributed by atoms with Crippen LogP contribution < -0.4 is 10.6 Å². The second kappa shape index (κ2) is 6.47. The number of hydrogen-bond acceptors (Lipinski definition) is 5. The van der Waals surface area contributed by atoms with Gasteiger partial charge in [0.2, 0.25) is 5.82 Å². The maximum atomic E-state index is 11.0. The molecule has 1 heterocycles. The summed E-state index contributed by atoms with van der Waals surface area (Å²) in [6.07, 6.45) is 2.42. The van der Waals surface area contributed by atoms with Gasteiger partial charge in [0.1, 0.15) is 0 Å². The van der Waals surface area contributed by atoms with Crippen molar-refractivity contribution in [3.8, 4) is 0 Å². The van der Waals surface area contributed by atoms with E-state index in [1.807, 2.05) is 0 Å². The zero-order chi connectivity index (χ0) is 14.6. The van der Waals surface area contributed by atoms with Crippen molar-refractivity contribution in [1.29, 1.82) is 0 Å². The Morgan fingerprint density at radius 3 is 2.68 bits per heavy atom. The summed E-state index contributed by atoms with van der Waals surface area (Å²) >= 11 is 0. The summed E-state index contributed by atoms with van der Waals surface area (Å²) in [7, 11) is 1.80. The Morgan fingerprint density at radius 1 is 1.53 bits per heavy atom. The molecule has 19 heavy (non-hydrogen) atoms. The molecule has 1 rings (SSSR count). The number of hydrogen-bond donors (Lipinski definition) is 1. The van der Waals surface area contributed by atoms with Gasteiger partial charge in [0.25, 0.3) is 0 Å². The molecule has 0 spiro atoms.